The van der Waals surface area contributed by atoms with Crippen LogP contribution in [0.15, 0.2) is 0 Å². The second kappa shape index (κ2) is 55.6. The van der Waals surface area contributed by atoms with Crippen molar-refractivity contribution in [2.45, 2.75) is 226 Å². The van der Waals surface area contributed by atoms with E-state index in [4.69, 9.17) is 10.4 Å². The fourth-order valence-electron chi connectivity index (χ4n) is 5.66. The number of hydrogen-bond donors (Lipinski definition) is 1. The van der Waals surface area contributed by atoms with Crippen LogP contribution in [-0.2, 0) is 21.7 Å². The molecule has 0 heterocycles. The Morgan fingerprint density at radius 2 is 0.442 bits per heavy atom. The Balaban J connectivity index is -0.000000766. The van der Waals surface area contributed by atoms with Gasteiger partial charge in [-0.15, -0.1) is 13.1 Å². The van der Waals surface area contributed by atoms with E-state index in [0.717, 1.165) is 13.1 Å². The zero-order chi connectivity index (χ0) is 29.5. The van der Waals surface area contributed by atoms with Gasteiger partial charge in [-0.3, -0.25) is 0 Å². The molecule has 0 atom stereocenters. The van der Waals surface area contributed by atoms with Gasteiger partial charge in [-0.2, -0.15) is 0 Å². The van der Waals surface area contributed by atoms with Gasteiger partial charge in [0.2, 0.25) is 0 Å². The summed E-state index contributed by atoms with van der Waals surface area (Å²) in [4.78, 5) is 0. The second-order valence-corrected chi connectivity index (χ2v) is 12.6. The third-order valence-electron chi connectivity index (χ3n) is 8.34. The quantitative estimate of drug-likeness (QED) is 0.0543. The monoisotopic (exact) mass is 685 g/mol. The number of aliphatic hydroxyl groups excluding tert-OH is 1. The molecule has 1 radical (unpaired) electrons. The molecule has 0 spiro atoms. The number of halogens is 2. The van der Waals surface area contributed by atoms with Crippen molar-refractivity contribution >= 4 is 0 Å². The van der Waals surface area contributed by atoms with E-state index in [1.807, 2.05) is 0 Å². The third-order valence-corrected chi connectivity index (χ3v) is 8.34. The summed E-state index contributed by atoms with van der Waals surface area (Å²) >= 11 is 0. The van der Waals surface area contributed by atoms with Crippen molar-refractivity contribution in [1.82, 2.24) is 0 Å². The smallest absolute Gasteiger partial charge is 1.00 e. The van der Waals surface area contributed by atoms with Crippen LogP contribution in [0.1, 0.15) is 226 Å². The number of rotatable bonds is 34. The molecule has 0 bridgehead atoms. The SMILES string of the molecule is CCCCCCCCCCCCCCCCCC[N-]CCCCCCCCCCCCCCCCCC.CCO.[Cl-].[Cl-].[Ti+3]. The van der Waals surface area contributed by atoms with Crippen molar-refractivity contribution in [2.75, 3.05) is 19.7 Å². The third kappa shape index (κ3) is 59.2. The number of unbranched alkanes of at least 4 members (excludes halogenated alkanes) is 30. The minimum Gasteiger partial charge on any atom is -1.00 e. The van der Waals surface area contributed by atoms with Gasteiger partial charge < -0.3 is 35.2 Å². The van der Waals surface area contributed by atoms with Gasteiger partial charge in [0.15, 0.2) is 0 Å². The van der Waals surface area contributed by atoms with Crippen LogP contribution < -0.4 is 24.8 Å². The van der Waals surface area contributed by atoms with Crippen LogP contribution >= 0.6 is 0 Å². The molecule has 5 heteroatoms. The van der Waals surface area contributed by atoms with Crippen LogP contribution in [0.2, 0.25) is 0 Å². The van der Waals surface area contributed by atoms with E-state index in [0.29, 0.717) is 0 Å². The van der Waals surface area contributed by atoms with Crippen molar-refractivity contribution in [1.29, 1.82) is 0 Å². The zero-order valence-electron chi connectivity index (χ0n) is 29.9. The standard InChI is InChI=1S/C36H74N.C2H6O.2ClH.Ti/c1-3-5-7-9-11-13-15-17-19-21-23-25-27-29-31-33-35-37-36-34-32-30-28-26-24-22-20-18-16-14-12-10-8-6-4-2;1-2-3;;;/h3-36H2,1-2H3;3H,2H2,1H3;2*1H;/q-1;;;;+3/p-2. The summed E-state index contributed by atoms with van der Waals surface area (Å²) in [7, 11) is 0. The normalized spacial score (nSPS) is 10.3. The molecule has 43 heavy (non-hydrogen) atoms. The summed E-state index contributed by atoms with van der Waals surface area (Å²) in [5, 5.41) is 12.3. The van der Waals surface area contributed by atoms with Crippen molar-refractivity contribution in [2.24, 2.45) is 0 Å². The van der Waals surface area contributed by atoms with Gasteiger partial charge >= 0.3 is 21.7 Å². The summed E-state index contributed by atoms with van der Waals surface area (Å²) in [5.41, 5.74) is 0. The van der Waals surface area contributed by atoms with Gasteiger partial charge in [0.25, 0.3) is 0 Å². The first-order valence-electron chi connectivity index (χ1n) is 19.1. The van der Waals surface area contributed by atoms with Gasteiger partial charge in [-0.1, -0.05) is 219 Å². The fraction of sp³-hybridized carbons (Fsp3) is 1.00. The van der Waals surface area contributed by atoms with Crippen molar-refractivity contribution in [3.8, 4) is 0 Å². The molecule has 0 aliphatic rings. The summed E-state index contributed by atoms with van der Waals surface area (Å²) in [6.07, 6.45) is 46.4. The molecule has 0 aliphatic heterocycles. The molecule has 0 aromatic rings. The maximum atomic E-state index is 7.57. The Hall–Kier alpha value is 1.21. The Morgan fingerprint density at radius 3 is 0.605 bits per heavy atom. The molecular formula is C38H80Cl2NOTi. The molecule has 0 rings (SSSR count). The molecule has 0 saturated carbocycles. The van der Waals surface area contributed by atoms with E-state index < -0.39 is 0 Å². The summed E-state index contributed by atoms with van der Waals surface area (Å²) in [5.74, 6) is 0. The average molecular weight is 686 g/mol. The maximum Gasteiger partial charge on any atom is 3.00 e. The van der Waals surface area contributed by atoms with Crippen molar-refractivity contribution in [3.63, 3.8) is 0 Å². The van der Waals surface area contributed by atoms with E-state index in [-0.39, 0.29) is 53.1 Å². The molecule has 0 aromatic carbocycles. The van der Waals surface area contributed by atoms with Crippen LogP contribution in [0, 0.1) is 0 Å². The molecule has 261 valence electrons. The largest absolute Gasteiger partial charge is 3.00 e. The van der Waals surface area contributed by atoms with Gasteiger partial charge in [0.05, 0.1) is 0 Å². The Bertz CT molecular complexity index is 370. The molecular weight excluding hydrogens is 605 g/mol. The summed E-state index contributed by atoms with van der Waals surface area (Å²) in [6.45, 7) is 8.78. The molecule has 1 N–H and O–H groups in total. The predicted molar refractivity (Wildman–Crippen MR) is 185 cm³/mol. The minimum absolute atomic E-state index is 0. The molecule has 0 unspecified atom stereocenters. The van der Waals surface area contributed by atoms with E-state index in [9.17, 15) is 0 Å². The Morgan fingerprint density at radius 1 is 0.302 bits per heavy atom. The first kappa shape index (κ1) is 53.7. The van der Waals surface area contributed by atoms with Crippen molar-refractivity contribution in [3.05, 3.63) is 5.32 Å². The first-order chi connectivity index (χ1) is 19.8. The van der Waals surface area contributed by atoms with Gasteiger partial charge in [0, 0.05) is 6.61 Å². The molecule has 0 aromatic heterocycles. The zero-order valence-corrected chi connectivity index (χ0v) is 33.0. The van der Waals surface area contributed by atoms with E-state index >= 15 is 0 Å². The van der Waals surface area contributed by atoms with Crippen LogP contribution in [0.3, 0.4) is 0 Å². The molecule has 0 amide bonds. The van der Waals surface area contributed by atoms with Gasteiger partial charge in [0.1, 0.15) is 0 Å². The maximum absolute atomic E-state index is 7.57. The van der Waals surface area contributed by atoms with Crippen LogP contribution in [0.4, 0.5) is 0 Å². The molecule has 2 nitrogen and oxygen atoms in total. The minimum atomic E-state index is 0. The number of nitrogens with zero attached hydrogens (tertiary/aromatic N) is 1. The Kier molecular flexibility index (Phi) is 69.4. The summed E-state index contributed by atoms with van der Waals surface area (Å²) in [6, 6.07) is 0. The van der Waals surface area contributed by atoms with Crippen molar-refractivity contribution < 1.29 is 51.6 Å². The molecule has 0 fully saturated rings. The fourth-order valence-corrected chi connectivity index (χ4v) is 5.66. The average Bonchev–Trinajstić information content (AvgIpc) is 2.96. The summed E-state index contributed by atoms with van der Waals surface area (Å²) < 4.78 is 0. The first-order valence-corrected chi connectivity index (χ1v) is 19.1. The van der Waals surface area contributed by atoms with Gasteiger partial charge in [-0.05, 0) is 6.92 Å². The van der Waals surface area contributed by atoms with Crippen LogP contribution in [0.25, 0.3) is 5.32 Å². The van der Waals surface area contributed by atoms with E-state index in [1.54, 1.807) is 6.92 Å². The van der Waals surface area contributed by atoms with Gasteiger partial charge in [-0.25, -0.2) is 0 Å². The van der Waals surface area contributed by atoms with Crippen LogP contribution in [0.5, 0.6) is 0 Å². The van der Waals surface area contributed by atoms with E-state index in [1.165, 1.54) is 205 Å². The van der Waals surface area contributed by atoms with Crippen LogP contribution in [-0.4, -0.2) is 24.8 Å². The number of aliphatic hydroxyl groups is 1. The molecule has 0 aliphatic carbocycles. The van der Waals surface area contributed by atoms with E-state index in [2.05, 4.69) is 13.8 Å². The number of hydrogen-bond acceptors (Lipinski definition) is 1. The topological polar surface area (TPSA) is 34.3 Å². The molecule has 0 saturated heterocycles. The second-order valence-electron chi connectivity index (χ2n) is 12.6. The predicted octanol–water partition coefficient (Wildman–Crippen LogP) is 7.89. The Labute approximate surface area is 301 Å².